The molecule has 2 aromatic carbocycles. The Morgan fingerprint density at radius 1 is 1.18 bits per heavy atom. The molecule has 0 bridgehead atoms. The van der Waals surface area contributed by atoms with Crippen LogP contribution in [-0.4, -0.2) is 48.7 Å². The topological polar surface area (TPSA) is 76.1 Å². The smallest absolute Gasteiger partial charge is 0.308 e. The first-order valence-corrected chi connectivity index (χ1v) is 9.04. The molecular weight excluding hydrogens is 358 g/mol. The number of carbonyl (C=O) groups excluding carboxylic acids is 1. The van der Waals surface area contributed by atoms with Crippen LogP contribution in [-0.2, 0) is 4.79 Å². The van der Waals surface area contributed by atoms with Crippen molar-refractivity contribution in [3.8, 4) is 11.5 Å². The minimum atomic E-state index is -0.894. The van der Waals surface area contributed by atoms with E-state index in [1.54, 1.807) is 29.2 Å². The number of carboxylic acid groups (broad SMARTS) is 1. The molecule has 1 aliphatic rings. The van der Waals surface area contributed by atoms with E-state index in [4.69, 9.17) is 9.47 Å². The Kier molecular flexibility index (Phi) is 5.99. The van der Waals surface area contributed by atoms with Crippen LogP contribution in [0, 0.1) is 5.92 Å². The van der Waals surface area contributed by atoms with Crippen molar-refractivity contribution >= 4 is 11.9 Å². The van der Waals surface area contributed by atoms with Crippen molar-refractivity contribution in [2.75, 3.05) is 26.8 Å². The van der Waals surface area contributed by atoms with Crippen LogP contribution in [0.2, 0.25) is 0 Å². The monoisotopic (exact) mass is 381 g/mol. The van der Waals surface area contributed by atoms with Crippen molar-refractivity contribution in [2.45, 2.75) is 5.92 Å². The summed E-state index contributed by atoms with van der Waals surface area (Å²) in [5.74, 6) is -1.02. The fraction of sp³-hybridized carbons (Fsp3) is 0.273. The van der Waals surface area contributed by atoms with Gasteiger partial charge in [0.15, 0.2) is 11.5 Å². The second-order valence-electron chi connectivity index (χ2n) is 6.64. The zero-order valence-corrected chi connectivity index (χ0v) is 15.7. The zero-order chi connectivity index (χ0) is 20.1. The molecule has 2 atom stereocenters. The van der Waals surface area contributed by atoms with Crippen LogP contribution in [0.1, 0.15) is 21.8 Å². The number of carbonyl (C=O) groups is 2. The molecule has 1 amide bonds. The molecule has 0 unspecified atom stereocenters. The normalized spacial score (nSPS) is 18.5. The third-order valence-corrected chi connectivity index (χ3v) is 4.92. The predicted octanol–water partition coefficient (Wildman–Crippen LogP) is 3.20. The predicted molar refractivity (Wildman–Crippen MR) is 105 cm³/mol. The van der Waals surface area contributed by atoms with Gasteiger partial charge in [-0.15, -0.1) is 0 Å². The van der Waals surface area contributed by atoms with Gasteiger partial charge in [0, 0.05) is 24.6 Å². The molecule has 0 spiro atoms. The molecule has 3 rings (SSSR count). The average Bonchev–Trinajstić information content (AvgIpc) is 3.18. The first-order valence-electron chi connectivity index (χ1n) is 9.04. The van der Waals surface area contributed by atoms with Crippen LogP contribution in [0.25, 0.3) is 0 Å². The number of hydrogen-bond donors (Lipinski definition) is 1. The molecule has 146 valence electrons. The Balaban J connectivity index is 1.82. The van der Waals surface area contributed by atoms with Crippen LogP contribution in [0.15, 0.2) is 61.2 Å². The van der Waals surface area contributed by atoms with Gasteiger partial charge in [-0.25, -0.2) is 0 Å². The summed E-state index contributed by atoms with van der Waals surface area (Å²) in [6.45, 7) is 4.47. The van der Waals surface area contributed by atoms with E-state index in [2.05, 4.69) is 6.58 Å². The highest BCUT2D eigenvalue weighted by Gasteiger charge is 2.40. The highest BCUT2D eigenvalue weighted by atomic mass is 16.5. The van der Waals surface area contributed by atoms with E-state index >= 15 is 0 Å². The van der Waals surface area contributed by atoms with Gasteiger partial charge in [-0.2, -0.15) is 0 Å². The van der Waals surface area contributed by atoms with E-state index in [0.717, 1.165) is 5.56 Å². The fourth-order valence-electron chi connectivity index (χ4n) is 3.51. The van der Waals surface area contributed by atoms with Gasteiger partial charge in [0.2, 0.25) is 0 Å². The van der Waals surface area contributed by atoms with E-state index in [1.165, 1.54) is 7.11 Å². The number of carboxylic acids is 1. The van der Waals surface area contributed by atoms with Gasteiger partial charge < -0.3 is 19.5 Å². The largest absolute Gasteiger partial charge is 0.493 e. The van der Waals surface area contributed by atoms with Gasteiger partial charge in [-0.05, 0) is 23.8 Å². The summed E-state index contributed by atoms with van der Waals surface area (Å²) >= 11 is 0. The molecule has 1 saturated heterocycles. The van der Waals surface area contributed by atoms with Gasteiger partial charge in [0.1, 0.15) is 6.61 Å². The number of rotatable bonds is 7. The second kappa shape index (κ2) is 8.61. The molecular formula is C22H23NO5. The standard InChI is InChI=1S/C22H23NO5/c1-3-11-28-19-10-9-16(12-20(19)27-2)21(24)23-13-17(18(14-23)22(25)26)15-7-5-4-6-8-15/h3-10,12,17-18H,1,11,13-14H2,2H3,(H,25,26)/t17-,18-/m0/s1. The molecule has 1 fully saturated rings. The first kappa shape index (κ1) is 19.5. The van der Waals surface area contributed by atoms with E-state index < -0.39 is 11.9 Å². The van der Waals surface area contributed by atoms with Crippen LogP contribution < -0.4 is 9.47 Å². The van der Waals surface area contributed by atoms with Crippen molar-refractivity contribution in [3.05, 3.63) is 72.3 Å². The SMILES string of the molecule is C=CCOc1ccc(C(=O)N2C[C@H](C(=O)O)[C@H](c3ccccc3)C2)cc1OC. The maximum atomic E-state index is 13.0. The lowest BCUT2D eigenvalue weighted by Crippen LogP contribution is -2.29. The molecule has 0 saturated carbocycles. The lowest BCUT2D eigenvalue weighted by atomic mass is 9.89. The quantitative estimate of drug-likeness (QED) is 0.746. The highest BCUT2D eigenvalue weighted by molar-refractivity contribution is 5.95. The van der Waals surface area contributed by atoms with Crippen molar-refractivity contribution in [2.24, 2.45) is 5.92 Å². The molecule has 6 heteroatoms. The maximum Gasteiger partial charge on any atom is 0.308 e. The Hall–Kier alpha value is -3.28. The molecule has 2 aromatic rings. The summed E-state index contributed by atoms with van der Waals surface area (Å²) in [5.41, 5.74) is 1.36. The second-order valence-corrected chi connectivity index (χ2v) is 6.64. The summed E-state index contributed by atoms with van der Waals surface area (Å²) in [4.78, 5) is 26.4. The van der Waals surface area contributed by atoms with E-state index in [1.807, 2.05) is 30.3 Å². The summed E-state index contributed by atoms with van der Waals surface area (Å²) in [5, 5.41) is 9.63. The third-order valence-electron chi connectivity index (χ3n) is 4.92. The van der Waals surface area contributed by atoms with Gasteiger partial charge in [-0.1, -0.05) is 43.0 Å². The third kappa shape index (κ3) is 4.01. The Morgan fingerprint density at radius 3 is 2.57 bits per heavy atom. The van der Waals surface area contributed by atoms with E-state index in [9.17, 15) is 14.7 Å². The molecule has 0 aliphatic carbocycles. The maximum absolute atomic E-state index is 13.0. The number of amides is 1. The van der Waals surface area contributed by atoms with Crippen LogP contribution in [0.5, 0.6) is 11.5 Å². The molecule has 1 N–H and O–H groups in total. The molecule has 0 radical (unpaired) electrons. The number of likely N-dealkylation sites (tertiary alicyclic amines) is 1. The van der Waals surface area contributed by atoms with Gasteiger partial charge >= 0.3 is 5.97 Å². The molecule has 28 heavy (non-hydrogen) atoms. The Morgan fingerprint density at radius 2 is 1.93 bits per heavy atom. The summed E-state index contributed by atoms with van der Waals surface area (Å²) in [6.07, 6.45) is 1.62. The lowest BCUT2D eigenvalue weighted by Gasteiger charge is -2.18. The lowest BCUT2D eigenvalue weighted by molar-refractivity contribution is -0.141. The van der Waals surface area contributed by atoms with Crippen LogP contribution >= 0.6 is 0 Å². The van der Waals surface area contributed by atoms with Crippen molar-refractivity contribution in [1.82, 2.24) is 4.90 Å². The van der Waals surface area contributed by atoms with E-state index in [-0.39, 0.29) is 18.4 Å². The number of hydrogen-bond acceptors (Lipinski definition) is 4. The minimum Gasteiger partial charge on any atom is -0.493 e. The van der Waals surface area contributed by atoms with Gasteiger partial charge in [0.05, 0.1) is 13.0 Å². The molecule has 1 heterocycles. The van der Waals surface area contributed by atoms with Crippen molar-refractivity contribution < 1.29 is 24.2 Å². The minimum absolute atomic E-state index is 0.171. The summed E-state index contributed by atoms with van der Waals surface area (Å²) < 4.78 is 10.8. The number of methoxy groups -OCH3 is 1. The summed E-state index contributed by atoms with van der Waals surface area (Å²) in [7, 11) is 1.51. The molecule has 1 aliphatic heterocycles. The summed E-state index contributed by atoms with van der Waals surface area (Å²) in [6, 6.07) is 14.4. The Bertz CT molecular complexity index is 864. The fourth-order valence-corrected chi connectivity index (χ4v) is 3.51. The van der Waals surface area contributed by atoms with Gasteiger partial charge in [-0.3, -0.25) is 9.59 Å². The Labute approximate surface area is 164 Å². The number of benzene rings is 2. The van der Waals surface area contributed by atoms with Crippen LogP contribution in [0.4, 0.5) is 0 Å². The number of aliphatic carboxylic acids is 1. The van der Waals surface area contributed by atoms with Crippen LogP contribution in [0.3, 0.4) is 0 Å². The zero-order valence-electron chi connectivity index (χ0n) is 15.7. The highest BCUT2D eigenvalue weighted by Crippen LogP contribution is 2.35. The number of nitrogens with zero attached hydrogens (tertiary/aromatic N) is 1. The average molecular weight is 381 g/mol. The van der Waals surface area contributed by atoms with Crippen molar-refractivity contribution in [3.63, 3.8) is 0 Å². The molecule has 6 nitrogen and oxygen atoms in total. The number of ether oxygens (including phenoxy) is 2. The van der Waals surface area contributed by atoms with Crippen molar-refractivity contribution in [1.29, 1.82) is 0 Å². The molecule has 0 aromatic heterocycles. The first-order chi connectivity index (χ1) is 13.5. The van der Waals surface area contributed by atoms with E-state index in [0.29, 0.717) is 30.2 Å². The van der Waals surface area contributed by atoms with Gasteiger partial charge in [0.25, 0.3) is 5.91 Å².